The lowest BCUT2D eigenvalue weighted by Crippen LogP contribution is -2.07. The van der Waals surface area contributed by atoms with E-state index in [1.54, 1.807) is 0 Å². The standard InChI is InChI=1S/C13H8BrF4NO/c14-7-3-6(1-2-10(7)20)5-19-13-11(17)8(15)4-9(16)12(13)18/h1-4,19-20H,5H2. The molecule has 2 rings (SSSR count). The number of benzene rings is 2. The molecular weight excluding hydrogens is 342 g/mol. The molecule has 0 saturated heterocycles. The highest BCUT2D eigenvalue weighted by Crippen LogP contribution is 2.27. The van der Waals surface area contributed by atoms with Crippen molar-refractivity contribution in [3.63, 3.8) is 0 Å². The quantitative estimate of drug-likeness (QED) is 0.638. The highest BCUT2D eigenvalue weighted by atomic mass is 79.9. The van der Waals surface area contributed by atoms with Gasteiger partial charge in [-0.1, -0.05) is 6.07 Å². The Morgan fingerprint density at radius 1 is 1.00 bits per heavy atom. The summed E-state index contributed by atoms with van der Waals surface area (Å²) in [7, 11) is 0. The van der Waals surface area contributed by atoms with Gasteiger partial charge in [-0.2, -0.15) is 0 Å². The van der Waals surface area contributed by atoms with E-state index in [0.717, 1.165) is 0 Å². The number of phenolic OH excluding ortho intramolecular Hbond substituents is 1. The van der Waals surface area contributed by atoms with Gasteiger partial charge in [-0.3, -0.25) is 0 Å². The summed E-state index contributed by atoms with van der Waals surface area (Å²) in [5.74, 6) is -5.91. The highest BCUT2D eigenvalue weighted by molar-refractivity contribution is 9.10. The van der Waals surface area contributed by atoms with Crippen molar-refractivity contribution in [2.45, 2.75) is 6.54 Å². The largest absolute Gasteiger partial charge is 0.507 e. The first-order valence-electron chi connectivity index (χ1n) is 5.44. The average Bonchev–Trinajstić information content (AvgIpc) is 2.40. The summed E-state index contributed by atoms with van der Waals surface area (Å²) in [5.41, 5.74) is -0.315. The third kappa shape index (κ3) is 2.87. The molecule has 2 nitrogen and oxygen atoms in total. The van der Waals surface area contributed by atoms with Crippen LogP contribution in [0.3, 0.4) is 0 Å². The number of hydrogen-bond donors (Lipinski definition) is 2. The Morgan fingerprint density at radius 2 is 1.60 bits per heavy atom. The van der Waals surface area contributed by atoms with E-state index in [9.17, 15) is 22.7 Å². The second-order valence-corrected chi connectivity index (χ2v) is 4.84. The van der Waals surface area contributed by atoms with Gasteiger partial charge in [0, 0.05) is 12.6 Å². The van der Waals surface area contributed by atoms with Crippen molar-refractivity contribution in [3.05, 3.63) is 57.6 Å². The monoisotopic (exact) mass is 349 g/mol. The summed E-state index contributed by atoms with van der Waals surface area (Å²) in [6.07, 6.45) is 0. The molecule has 0 unspecified atom stereocenters. The Morgan fingerprint density at radius 3 is 2.15 bits per heavy atom. The Kier molecular flexibility index (Phi) is 4.17. The van der Waals surface area contributed by atoms with E-state index < -0.39 is 29.0 Å². The molecule has 0 amide bonds. The summed E-state index contributed by atoms with van der Waals surface area (Å²) < 4.78 is 53.2. The fourth-order valence-corrected chi connectivity index (χ4v) is 2.01. The van der Waals surface area contributed by atoms with E-state index in [1.807, 2.05) is 0 Å². The second-order valence-electron chi connectivity index (χ2n) is 3.98. The fraction of sp³-hybridized carbons (Fsp3) is 0.0769. The van der Waals surface area contributed by atoms with Gasteiger partial charge in [-0.05, 0) is 33.6 Å². The van der Waals surface area contributed by atoms with Crippen molar-refractivity contribution in [3.8, 4) is 5.75 Å². The summed E-state index contributed by atoms with van der Waals surface area (Å²) >= 11 is 3.08. The third-order valence-electron chi connectivity index (χ3n) is 2.59. The maximum absolute atomic E-state index is 13.4. The Hall–Kier alpha value is -1.76. The van der Waals surface area contributed by atoms with Crippen molar-refractivity contribution in [1.82, 2.24) is 0 Å². The number of hydrogen-bond acceptors (Lipinski definition) is 2. The first kappa shape index (κ1) is 14.6. The average molecular weight is 350 g/mol. The number of rotatable bonds is 3. The van der Waals surface area contributed by atoms with Gasteiger partial charge in [0.15, 0.2) is 23.3 Å². The van der Waals surface area contributed by atoms with Crippen LogP contribution in [0.2, 0.25) is 0 Å². The first-order chi connectivity index (χ1) is 9.40. The fourth-order valence-electron chi connectivity index (χ4n) is 1.58. The molecule has 0 bridgehead atoms. The summed E-state index contributed by atoms with van der Waals surface area (Å²) in [4.78, 5) is 0. The summed E-state index contributed by atoms with van der Waals surface area (Å²) in [6.45, 7) is -0.0738. The molecule has 0 saturated carbocycles. The molecule has 2 N–H and O–H groups in total. The minimum atomic E-state index is -1.48. The van der Waals surface area contributed by atoms with Crippen LogP contribution in [0.4, 0.5) is 23.2 Å². The molecule has 2 aromatic rings. The number of halogens is 5. The van der Waals surface area contributed by atoms with Crippen molar-refractivity contribution in [2.75, 3.05) is 5.32 Å². The van der Waals surface area contributed by atoms with Crippen LogP contribution in [0.5, 0.6) is 5.75 Å². The minimum absolute atomic E-state index is 0.00270. The minimum Gasteiger partial charge on any atom is -0.507 e. The van der Waals surface area contributed by atoms with Crippen LogP contribution in [0.15, 0.2) is 28.7 Å². The molecule has 0 aliphatic heterocycles. The van der Waals surface area contributed by atoms with Crippen molar-refractivity contribution < 1.29 is 22.7 Å². The van der Waals surface area contributed by atoms with Crippen LogP contribution in [-0.2, 0) is 6.54 Å². The van der Waals surface area contributed by atoms with Crippen LogP contribution in [0.1, 0.15) is 5.56 Å². The molecule has 0 fully saturated rings. The predicted octanol–water partition coefficient (Wildman–Crippen LogP) is 4.32. The molecule has 0 radical (unpaired) electrons. The van der Waals surface area contributed by atoms with E-state index in [-0.39, 0.29) is 18.4 Å². The molecule has 20 heavy (non-hydrogen) atoms. The van der Waals surface area contributed by atoms with Crippen molar-refractivity contribution in [1.29, 1.82) is 0 Å². The Bertz CT molecular complexity index is 637. The number of anilines is 1. The molecule has 0 aliphatic carbocycles. The van der Waals surface area contributed by atoms with Crippen LogP contribution in [0, 0.1) is 23.3 Å². The lowest BCUT2D eigenvalue weighted by Gasteiger charge is -2.10. The molecule has 0 spiro atoms. The SMILES string of the molecule is Oc1ccc(CNc2c(F)c(F)cc(F)c2F)cc1Br. The molecule has 2 aromatic carbocycles. The topological polar surface area (TPSA) is 32.3 Å². The molecular formula is C13H8BrF4NO. The molecule has 106 valence electrons. The van der Waals surface area contributed by atoms with E-state index in [2.05, 4.69) is 21.2 Å². The maximum Gasteiger partial charge on any atom is 0.185 e. The lowest BCUT2D eigenvalue weighted by molar-refractivity contribution is 0.458. The van der Waals surface area contributed by atoms with Gasteiger partial charge in [0.25, 0.3) is 0 Å². The van der Waals surface area contributed by atoms with E-state index in [4.69, 9.17) is 0 Å². The van der Waals surface area contributed by atoms with Gasteiger partial charge >= 0.3 is 0 Å². The van der Waals surface area contributed by atoms with Crippen LogP contribution >= 0.6 is 15.9 Å². The van der Waals surface area contributed by atoms with E-state index >= 15 is 0 Å². The zero-order valence-corrected chi connectivity index (χ0v) is 11.4. The second kappa shape index (κ2) is 5.70. The first-order valence-corrected chi connectivity index (χ1v) is 6.23. The third-order valence-corrected chi connectivity index (χ3v) is 3.23. The molecule has 0 heterocycles. The van der Waals surface area contributed by atoms with Gasteiger partial charge < -0.3 is 10.4 Å². The molecule has 7 heteroatoms. The van der Waals surface area contributed by atoms with Crippen LogP contribution < -0.4 is 5.32 Å². The maximum atomic E-state index is 13.4. The van der Waals surface area contributed by atoms with Crippen molar-refractivity contribution in [2.24, 2.45) is 0 Å². The zero-order chi connectivity index (χ0) is 14.9. The van der Waals surface area contributed by atoms with Gasteiger partial charge in [-0.25, -0.2) is 17.6 Å². The number of aromatic hydroxyl groups is 1. The van der Waals surface area contributed by atoms with Gasteiger partial charge in [0.1, 0.15) is 11.4 Å². The Balaban J connectivity index is 2.25. The smallest absolute Gasteiger partial charge is 0.185 e. The van der Waals surface area contributed by atoms with E-state index in [0.29, 0.717) is 10.0 Å². The normalized spacial score (nSPS) is 10.7. The molecule has 0 atom stereocenters. The predicted molar refractivity (Wildman–Crippen MR) is 69.4 cm³/mol. The number of nitrogens with one attached hydrogen (secondary N) is 1. The summed E-state index contributed by atoms with van der Waals surface area (Å²) in [6, 6.07) is 4.53. The van der Waals surface area contributed by atoms with Crippen LogP contribution in [-0.4, -0.2) is 5.11 Å². The van der Waals surface area contributed by atoms with E-state index in [1.165, 1.54) is 18.2 Å². The molecule has 0 aliphatic rings. The molecule has 0 aromatic heterocycles. The van der Waals surface area contributed by atoms with Crippen LogP contribution in [0.25, 0.3) is 0 Å². The highest BCUT2D eigenvalue weighted by Gasteiger charge is 2.18. The zero-order valence-electron chi connectivity index (χ0n) is 9.85. The lowest BCUT2D eigenvalue weighted by atomic mass is 10.2. The van der Waals surface area contributed by atoms with Gasteiger partial charge in [-0.15, -0.1) is 0 Å². The Labute approximate surface area is 120 Å². The number of phenols is 1. The van der Waals surface area contributed by atoms with Crippen molar-refractivity contribution >= 4 is 21.6 Å². The summed E-state index contributed by atoms with van der Waals surface area (Å²) in [5, 5.41) is 11.6. The van der Waals surface area contributed by atoms with Gasteiger partial charge in [0.2, 0.25) is 0 Å². The van der Waals surface area contributed by atoms with Gasteiger partial charge in [0.05, 0.1) is 4.47 Å².